The second-order valence-electron chi connectivity index (χ2n) is 5.51. The Morgan fingerprint density at radius 2 is 2.00 bits per heavy atom. The summed E-state index contributed by atoms with van der Waals surface area (Å²) in [6, 6.07) is 9.53. The first-order chi connectivity index (χ1) is 12.1. The van der Waals surface area contributed by atoms with Crippen LogP contribution in [0.2, 0.25) is 0 Å². The molecular formula is C18H18N2O5. The minimum atomic E-state index is -0.688. The molecule has 7 heteroatoms. The molecule has 0 unspecified atom stereocenters. The Balaban J connectivity index is 1.76. The standard InChI is InChI=1S/C18H18N2O5/c1-11-15(16(20-18(22)19-11)14-4-3-9-24-14)17(21)25-10-12-5-7-13(23-2)8-6-12/h3-9,16H,10H2,1-2H3,(H2,19,20,22)/t16-/m1/s1. The molecule has 0 radical (unpaired) electrons. The fourth-order valence-electron chi connectivity index (χ4n) is 2.58. The largest absolute Gasteiger partial charge is 0.497 e. The molecule has 7 nitrogen and oxygen atoms in total. The number of carbonyl (C=O) groups excluding carboxylic acids is 2. The Morgan fingerprint density at radius 3 is 2.64 bits per heavy atom. The van der Waals surface area contributed by atoms with Crippen LogP contribution in [0.3, 0.4) is 0 Å². The quantitative estimate of drug-likeness (QED) is 0.816. The number of carbonyl (C=O) groups is 2. The van der Waals surface area contributed by atoms with Gasteiger partial charge in [0, 0.05) is 5.70 Å². The molecule has 2 aromatic rings. The maximum atomic E-state index is 12.6. The Hall–Kier alpha value is -3.22. The Labute approximate surface area is 144 Å². The van der Waals surface area contributed by atoms with Crippen LogP contribution in [-0.4, -0.2) is 19.1 Å². The van der Waals surface area contributed by atoms with Gasteiger partial charge in [-0.1, -0.05) is 12.1 Å². The van der Waals surface area contributed by atoms with Crippen molar-refractivity contribution in [1.82, 2.24) is 10.6 Å². The number of amides is 2. The molecule has 1 aromatic carbocycles. The van der Waals surface area contributed by atoms with Gasteiger partial charge in [0.2, 0.25) is 0 Å². The number of benzene rings is 1. The van der Waals surface area contributed by atoms with E-state index in [1.807, 2.05) is 12.1 Å². The molecule has 1 aliphatic heterocycles. The van der Waals surface area contributed by atoms with E-state index in [0.29, 0.717) is 17.0 Å². The number of allylic oxidation sites excluding steroid dienone is 1. The number of ether oxygens (including phenoxy) is 2. The van der Waals surface area contributed by atoms with Gasteiger partial charge in [-0.2, -0.15) is 0 Å². The first-order valence-electron chi connectivity index (χ1n) is 7.70. The molecule has 1 atom stereocenters. The number of esters is 1. The van der Waals surface area contributed by atoms with Gasteiger partial charge in [0.1, 0.15) is 24.2 Å². The third-order valence-corrected chi connectivity index (χ3v) is 3.85. The van der Waals surface area contributed by atoms with Crippen LogP contribution in [0.25, 0.3) is 0 Å². The molecule has 3 rings (SSSR count). The number of methoxy groups -OCH3 is 1. The van der Waals surface area contributed by atoms with E-state index in [1.54, 1.807) is 38.3 Å². The zero-order valence-electron chi connectivity index (χ0n) is 13.9. The molecular weight excluding hydrogens is 324 g/mol. The SMILES string of the molecule is COc1ccc(COC(=O)C2=C(C)NC(=O)N[C@@H]2c2ccco2)cc1. The monoisotopic (exact) mass is 342 g/mol. The van der Waals surface area contributed by atoms with Crippen molar-refractivity contribution in [2.24, 2.45) is 0 Å². The number of furan rings is 1. The molecule has 0 fully saturated rings. The number of rotatable bonds is 5. The van der Waals surface area contributed by atoms with Crippen LogP contribution >= 0.6 is 0 Å². The van der Waals surface area contributed by atoms with Crippen LogP contribution < -0.4 is 15.4 Å². The lowest BCUT2D eigenvalue weighted by Gasteiger charge is -2.26. The van der Waals surface area contributed by atoms with Crippen LogP contribution in [0, 0.1) is 0 Å². The van der Waals surface area contributed by atoms with Crippen molar-refractivity contribution in [3.63, 3.8) is 0 Å². The van der Waals surface area contributed by atoms with Crippen LogP contribution in [-0.2, 0) is 16.1 Å². The first-order valence-corrected chi connectivity index (χ1v) is 7.70. The van der Waals surface area contributed by atoms with Crippen LogP contribution in [0.4, 0.5) is 4.79 Å². The van der Waals surface area contributed by atoms with Crippen molar-refractivity contribution < 1.29 is 23.5 Å². The third kappa shape index (κ3) is 3.65. The Bertz CT molecular complexity index is 793. The topological polar surface area (TPSA) is 89.8 Å². The van der Waals surface area contributed by atoms with Gasteiger partial charge in [-0.25, -0.2) is 9.59 Å². The summed E-state index contributed by atoms with van der Waals surface area (Å²) in [6.45, 7) is 1.76. The van der Waals surface area contributed by atoms with Crippen LogP contribution in [0.5, 0.6) is 5.75 Å². The minimum Gasteiger partial charge on any atom is -0.497 e. The number of nitrogens with one attached hydrogen (secondary N) is 2. The number of urea groups is 1. The molecule has 0 aliphatic carbocycles. The lowest BCUT2D eigenvalue weighted by atomic mass is 10.0. The van der Waals surface area contributed by atoms with Crippen molar-refractivity contribution in [1.29, 1.82) is 0 Å². The smallest absolute Gasteiger partial charge is 0.338 e. The summed E-state index contributed by atoms with van der Waals surface area (Å²) >= 11 is 0. The van der Waals surface area contributed by atoms with Crippen molar-refractivity contribution in [3.05, 3.63) is 65.3 Å². The van der Waals surface area contributed by atoms with E-state index in [4.69, 9.17) is 13.9 Å². The molecule has 2 N–H and O–H groups in total. The van der Waals surface area contributed by atoms with Crippen LogP contribution in [0.1, 0.15) is 24.3 Å². The van der Waals surface area contributed by atoms with E-state index in [0.717, 1.165) is 11.3 Å². The summed E-state index contributed by atoms with van der Waals surface area (Å²) in [5.41, 5.74) is 1.57. The van der Waals surface area contributed by atoms with Crippen molar-refractivity contribution in [2.75, 3.05) is 7.11 Å². The summed E-state index contributed by atoms with van der Waals surface area (Å²) < 4.78 is 15.8. The maximum absolute atomic E-state index is 12.6. The van der Waals surface area contributed by atoms with Gasteiger partial charge >= 0.3 is 12.0 Å². The molecule has 0 saturated heterocycles. The molecule has 0 bridgehead atoms. The highest BCUT2D eigenvalue weighted by Gasteiger charge is 2.33. The molecule has 1 aromatic heterocycles. The molecule has 1 aliphatic rings. The fourth-order valence-corrected chi connectivity index (χ4v) is 2.58. The summed E-state index contributed by atoms with van der Waals surface area (Å²) in [6.07, 6.45) is 1.49. The van der Waals surface area contributed by atoms with E-state index < -0.39 is 18.0 Å². The summed E-state index contributed by atoms with van der Waals surface area (Å²) in [5.74, 6) is 0.665. The zero-order valence-corrected chi connectivity index (χ0v) is 13.9. The van der Waals surface area contributed by atoms with Gasteiger partial charge in [-0.05, 0) is 36.8 Å². The first kappa shape index (κ1) is 16.6. The predicted molar refractivity (Wildman–Crippen MR) is 88.6 cm³/mol. The Kier molecular flexibility index (Phi) is 4.74. The van der Waals surface area contributed by atoms with E-state index in [2.05, 4.69) is 10.6 Å². The second kappa shape index (κ2) is 7.12. The van der Waals surface area contributed by atoms with Gasteiger partial charge in [0.15, 0.2) is 0 Å². The van der Waals surface area contributed by atoms with E-state index in [1.165, 1.54) is 6.26 Å². The summed E-state index contributed by atoms with van der Waals surface area (Å²) in [5, 5.41) is 5.26. The number of hydrogen-bond donors (Lipinski definition) is 2. The Morgan fingerprint density at radius 1 is 1.24 bits per heavy atom. The van der Waals surface area contributed by atoms with Crippen molar-refractivity contribution in [2.45, 2.75) is 19.6 Å². The molecule has 0 saturated carbocycles. The molecule has 2 amide bonds. The highest BCUT2D eigenvalue weighted by Crippen LogP contribution is 2.28. The van der Waals surface area contributed by atoms with Crippen molar-refractivity contribution in [3.8, 4) is 5.75 Å². The molecule has 0 spiro atoms. The van der Waals surface area contributed by atoms with E-state index in [9.17, 15) is 9.59 Å². The minimum absolute atomic E-state index is 0.110. The van der Waals surface area contributed by atoms with E-state index >= 15 is 0 Å². The summed E-state index contributed by atoms with van der Waals surface area (Å²) in [4.78, 5) is 24.3. The molecule has 2 heterocycles. The predicted octanol–water partition coefficient (Wildman–Crippen LogP) is 2.66. The highest BCUT2D eigenvalue weighted by atomic mass is 16.5. The number of hydrogen-bond acceptors (Lipinski definition) is 5. The lowest BCUT2D eigenvalue weighted by molar-refractivity contribution is -0.140. The normalized spacial score (nSPS) is 16.9. The maximum Gasteiger partial charge on any atom is 0.338 e. The third-order valence-electron chi connectivity index (χ3n) is 3.85. The van der Waals surface area contributed by atoms with Crippen LogP contribution in [0.15, 0.2) is 58.3 Å². The highest BCUT2D eigenvalue weighted by molar-refractivity contribution is 5.94. The van der Waals surface area contributed by atoms with Crippen molar-refractivity contribution >= 4 is 12.0 Å². The van der Waals surface area contributed by atoms with Gasteiger partial charge in [0.05, 0.1) is 18.9 Å². The average molecular weight is 342 g/mol. The van der Waals surface area contributed by atoms with Gasteiger partial charge in [0.25, 0.3) is 0 Å². The molecule has 130 valence electrons. The fraction of sp³-hybridized carbons (Fsp3) is 0.222. The van der Waals surface area contributed by atoms with Gasteiger partial charge < -0.3 is 24.5 Å². The van der Waals surface area contributed by atoms with Gasteiger partial charge in [-0.15, -0.1) is 0 Å². The molecule has 25 heavy (non-hydrogen) atoms. The van der Waals surface area contributed by atoms with E-state index in [-0.39, 0.29) is 6.61 Å². The average Bonchev–Trinajstić information content (AvgIpc) is 3.14. The van der Waals surface area contributed by atoms with Gasteiger partial charge in [-0.3, -0.25) is 0 Å². The lowest BCUT2D eigenvalue weighted by Crippen LogP contribution is -2.45. The second-order valence-corrected chi connectivity index (χ2v) is 5.51. The zero-order chi connectivity index (χ0) is 17.8. The summed E-state index contributed by atoms with van der Waals surface area (Å²) in [7, 11) is 1.59.